The van der Waals surface area contributed by atoms with Gasteiger partial charge in [0.05, 0.1) is 11.0 Å². The van der Waals surface area contributed by atoms with E-state index in [4.69, 9.17) is 16.3 Å². The minimum Gasteiger partial charge on any atom is -0.534 e. The molecule has 3 aromatic rings. The van der Waals surface area contributed by atoms with E-state index in [9.17, 15) is 58.2 Å². The second kappa shape index (κ2) is 15.0. The molecule has 2 aliphatic heterocycles. The Morgan fingerprint density at radius 1 is 1.04 bits per heavy atom. The number of aromatic carboxylic acids is 1. The van der Waals surface area contributed by atoms with Crippen molar-refractivity contribution in [1.29, 1.82) is 0 Å². The molecule has 16 nitrogen and oxygen atoms in total. The Bertz CT molecular complexity index is 1920. The third-order valence-corrected chi connectivity index (χ3v) is 8.52. The standard InChI is InChI=1S/C31H29BClF2N5O11/c33-22-17(13-19(35)24(42)25(22)43)23(28(45)37-20-12-14-5-6-18(34)21(29(46)47)26(14)51-32(20)50)38-30(48)40-10-9-39(31(40)49)8-2-7-36-27(44)15-3-1-4-16(41)11-15/h1,3-6,11,13,20,23,41-43,50H,2,7-10,12H2,(H,36,44)(H,37,45)(H,38,48)(H,46,47)/t20-,23+/m0/s1. The fraction of sp³-hybridized carbons (Fsp3) is 0.258. The van der Waals surface area contributed by atoms with Gasteiger partial charge in [-0.15, -0.1) is 0 Å². The minimum absolute atomic E-state index is 0.0724. The van der Waals surface area contributed by atoms with Gasteiger partial charge < -0.3 is 51.0 Å². The molecule has 0 saturated carbocycles. The first-order valence-electron chi connectivity index (χ1n) is 15.2. The first-order valence-corrected chi connectivity index (χ1v) is 15.6. The summed E-state index contributed by atoms with van der Waals surface area (Å²) >= 11 is 6.14. The van der Waals surface area contributed by atoms with Crippen LogP contribution in [0.2, 0.25) is 5.02 Å². The molecule has 0 aromatic heterocycles. The number of carboxylic acid groups (broad SMARTS) is 1. The van der Waals surface area contributed by atoms with Crippen LogP contribution in [0.4, 0.5) is 18.4 Å². The fourth-order valence-electron chi connectivity index (χ4n) is 5.54. The molecule has 20 heteroatoms. The molecule has 6 amide bonds. The zero-order valence-electron chi connectivity index (χ0n) is 26.2. The van der Waals surface area contributed by atoms with Crippen molar-refractivity contribution in [2.24, 2.45) is 0 Å². The fourth-order valence-corrected chi connectivity index (χ4v) is 5.80. The van der Waals surface area contributed by atoms with Gasteiger partial charge in [0, 0.05) is 37.3 Å². The van der Waals surface area contributed by atoms with Gasteiger partial charge in [-0.1, -0.05) is 23.7 Å². The molecule has 0 radical (unpaired) electrons. The van der Waals surface area contributed by atoms with Crippen molar-refractivity contribution in [1.82, 2.24) is 25.8 Å². The Kier molecular flexibility index (Phi) is 10.7. The third kappa shape index (κ3) is 7.68. The van der Waals surface area contributed by atoms with Gasteiger partial charge in [0.1, 0.15) is 28.9 Å². The van der Waals surface area contributed by atoms with Crippen LogP contribution >= 0.6 is 11.6 Å². The number of amides is 6. The second-order valence-electron chi connectivity index (χ2n) is 11.5. The average molecular weight is 732 g/mol. The van der Waals surface area contributed by atoms with Gasteiger partial charge in [-0.2, -0.15) is 0 Å². The number of hydrogen-bond acceptors (Lipinski definition) is 10. The Hall–Kier alpha value is -5.82. The number of phenolic OH excluding ortho intramolecular Hbond substituents is 3. The van der Waals surface area contributed by atoms with Crippen molar-refractivity contribution in [3.05, 3.63) is 81.4 Å². The molecule has 1 saturated heterocycles. The van der Waals surface area contributed by atoms with E-state index in [1.165, 1.54) is 35.2 Å². The van der Waals surface area contributed by atoms with Crippen molar-refractivity contribution in [2.75, 3.05) is 26.2 Å². The smallest absolute Gasteiger partial charge is 0.534 e. The highest BCUT2D eigenvalue weighted by Gasteiger charge is 2.42. The Morgan fingerprint density at radius 3 is 2.49 bits per heavy atom. The number of nitrogens with one attached hydrogen (secondary N) is 3. The van der Waals surface area contributed by atoms with E-state index in [0.717, 1.165) is 11.0 Å². The summed E-state index contributed by atoms with van der Waals surface area (Å²) in [7, 11) is -1.93. The van der Waals surface area contributed by atoms with Crippen molar-refractivity contribution < 1.29 is 62.9 Å². The van der Waals surface area contributed by atoms with Crippen LogP contribution in [0.15, 0.2) is 42.5 Å². The number of imide groups is 1. The average Bonchev–Trinajstić information content (AvgIpc) is 3.46. The number of phenols is 3. The molecule has 3 aromatic carbocycles. The molecule has 0 unspecified atom stereocenters. The third-order valence-electron chi connectivity index (χ3n) is 8.13. The number of hydrogen-bond donors (Lipinski definition) is 8. The number of benzene rings is 3. The number of carbonyl (C=O) groups is 5. The topological polar surface area (TPSA) is 238 Å². The van der Waals surface area contributed by atoms with E-state index in [1.54, 1.807) is 0 Å². The predicted octanol–water partition coefficient (Wildman–Crippen LogP) is 1.88. The van der Waals surface area contributed by atoms with Crippen molar-refractivity contribution >= 4 is 48.6 Å². The molecule has 2 atom stereocenters. The lowest BCUT2D eigenvalue weighted by molar-refractivity contribution is -0.123. The van der Waals surface area contributed by atoms with E-state index >= 15 is 0 Å². The van der Waals surface area contributed by atoms with Crippen LogP contribution in [-0.4, -0.2) is 104 Å². The van der Waals surface area contributed by atoms with Gasteiger partial charge in [0.25, 0.3) is 5.91 Å². The molecule has 51 heavy (non-hydrogen) atoms. The molecule has 0 aliphatic carbocycles. The molecule has 5 rings (SSSR count). The zero-order chi connectivity index (χ0) is 37.1. The lowest BCUT2D eigenvalue weighted by Crippen LogP contribution is -2.56. The zero-order valence-corrected chi connectivity index (χ0v) is 27.0. The Labute approximate surface area is 292 Å². The van der Waals surface area contributed by atoms with E-state index in [-0.39, 0.29) is 55.9 Å². The lowest BCUT2D eigenvalue weighted by atomic mass is 9.72. The van der Waals surface area contributed by atoms with Crippen molar-refractivity contribution in [3.8, 4) is 23.0 Å². The maximum atomic E-state index is 14.6. The molecule has 0 bridgehead atoms. The van der Waals surface area contributed by atoms with Crippen molar-refractivity contribution in [3.63, 3.8) is 0 Å². The molecule has 1 fully saturated rings. The molecular weight excluding hydrogens is 703 g/mol. The first kappa shape index (κ1) is 36.5. The molecule has 2 aliphatic rings. The van der Waals surface area contributed by atoms with Gasteiger partial charge in [-0.05, 0) is 48.7 Å². The summed E-state index contributed by atoms with van der Waals surface area (Å²) in [5.41, 5.74) is -1.07. The first-order chi connectivity index (χ1) is 24.2. The van der Waals surface area contributed by atoms with E-state index in [1.807, 2.05) is 0 Å². The van der Waals surface area contributed by atoms with Crippen LogP contribution in [0.1, 0.15) is 44.3 Å². The second-order valence-corrected chi connectivity index (χ2v) is 11.8. The maximum absolute atomic E-state index is 14.6. The van der Waals surface area contributed by atoms with Gasteiger partial charge >= 0.3 is 25.1 Å². The Balaban J connectivity index is 1.28. The van der Waals surface area contributed by atoms with E-state index in [0.29, 0.717) is 6.07 Å². The number of fused-ring (bicyclic) bond motifs is 1. The van der Waals surface area contributed by atoms with Crippen LogP contribution in [0.5, 0.6) is 23.0 Å². The number of halogens is 3. The molecule has 268 valence electrons. The monoisotopic (exact) mass is 731 g/mol. The Morgan fingerprint density at radius 2 is 1.78 bits per heavy atom. The summed E-state index contributed by atoms with van der Waals surface area (Å²) < 4.78 is 34.0. The van der Waals surface area contributed by atoms with E-state index in [2.05, 4.69) is 16.0 Å². The molecule has 8 N–H and O–H groups in total. The number of nitrogens with zero attached hydrogens (tertiary/aromatic N) is 2. The van der Waals surface area contributed by atoms with Gasteiger partial charge in [-0.25, -0.2) is 28.1 Å². The molecule has 2 heterocycles. The van der Waals surface area contributed by atoms with Crippen LogP contribution in [0.25, 0.3) is 0 Å². The molecule has 0 spiro atoms. The number of carboxylic acids is 1. The van der Waals surface area contributed by atoms with Gasteiger partial charge in [-0.3, -0.25) is 9.59 Å². The van der Waals surface area contributed by atoms with Crippen LogP contribution in [0, 0.1) is 11.6 Å². The highest BCUT2D eigenvalue weighted by Crippen LogP contribution is 2.40. The largest absolute Gasteiger partial charge is 0.547 e. The minimum atomic E-state index is -1.96. The lowest BCUT2D eigenvalue weighted by Gasteiger charge is -2.31. The van der Waals surface area contributed by atoms with Crippen LogP contribution in [-0.2, 0) is 11.2 Å². The van der Waals surface area contributed by atoms with Crippen molar-refractivity contribution in [2.45, 2.75) is 24.8 Å². The maximum Gasteiger partial charge on any atom is 0.547 e. The highest BCUT2D eigenvalue weighted by atomic mass is 35.5. The summed E-state index contributed by atoms with van der Waals surface area (Å²) in [5.74, 6) is -10.1. The summed E-state index contributed by atoms with van der Waals surface area (Å²) in [6, 6.07) is 4.43. The normalized spacial score (nSPS) is 15.9. The number of aromatic hydroxyl groups is 3. The van der Waals surface area contributed by atoms with Crippen LogP contribution in [0.3, 0.4) is 0 Å². The number of rotatable bonds is 10. The summed E-state index contributed by atoms with van der Waals surface area (Å²) in [6.45, 7) is 0.189. The predicted molar refractivity (Wildman–Crippen MR) is 172 cm³/mol. The number of urea groups is 2. The summed E-state index contributed by atoms with van der Waals surface area (Å²) in [4.78, 5) is 66.1. The quantitative estimate of drug-likeness (QED) is 0.0851. The van der Waals surface area contributed by atoms with Gasteiger partial charge in [0.2, 0.25) is 5.91 Å². The van der Waals surface area contributed by atoms with Gasteiger partial charge in [0.15, 0.2) is 17.3 Å². The SMILES string of the molecule is O=C(NCCCN1CCN(C(=O)N[C@@H](C(=O)N[C@H]2Cc3ccc(F)c(C(=O)O)c3OB2O)c2cc(F)c(O)c(O)c2Cl)C1=O)c1cccc(O)c1. The van der Waals surface area contributed by atoms with E-state index < -0.39 is 94.0 Å². The summed E-state index contributed by atoms with van der Waals surface area (Å²) in [6.07, 6.45) is -0.00575. The van der Waals surface area contributed by atoms with Crippen LogP contribution < -0.4 is 20.6 Å². The molecular formula is C31H29BClF2N5O11. The summed E-state index contributed by atoms with van der Waals surface area (Å²) in [5, 5.41) is 56.1. The number of carbonyl (C=O) groups excluding carboxylic acids is 4. The highest BCUT2D eigenvalue weighted by molar-refractivity contribution is 6.47.